The molecule has 1 unspecified atom stereocenters. The van der Waals surface area contributed by atoms with Gasteiger partial charge in [-0.2, -0.15) is 0 Å². The van der Waals surface area contributed by atoms with Crippen molar-refractivity contribution in [3.8, 4) is 17.2 Å². The molecule has 7 rings (SSSR count). The topological polar surface area (TPSA) is 145 Å². The third kappa shape index (κ3) is 7.07. The quantitative estimate of drug-likeness (QED) is 0.330. The first-order valence-electron chi connectivity index (χ1n) is 16.1. The Kier molecular flexibility index (Phi) is 8.50. The lowest BCUT2D eigenvalue weighted by molar-refractivity contribution is -0.124. The monoisotopic (exact) mass is 639 g/mol. The van der Waals surface area contributed by atoms with E-state index in [-0.39, 0.29) is 49.9 Å². The van der Waals surface area contributed by atoms with Crippen LogP contribution in [0.2, 0.25) is 0 Å². The van der Waals surface area contributed by atoms with Gasteiger partial charge in [-0.05, 0) is 74.9 Å². The predicted molar refractivity (Wildman–Crippen MR) is 170 cm³/mol. The highest BCUT2D eigenvalue weighted by atomic mass is 16.5. The molecule has 4 bridgehead atoms. The van der Waals surface area contributed by atoms with Crippen LogP contribution in [0.4, 0.5) is 0 Å². The third-order valence-electron chi connectivity index (χ3n) is 8.72. The molecule has 1 aliphatic carbocycles. The number of piperidine rings is 1. The Labute approximate surface area is 271 Å². The van der Waals surface area contributed by atoms with E-state index < -0.39 is 6.04 Å². The van der Waals surface area contributed by atoms with Crippen LogP contribution in [0.5, 0.6) is 17.2 Å². The summed E-state index contributed by atoms with van der Waals surface area (Å²) in [6.45, 7) is 5.25. The summed E-state index contributed by atoms with van der Waals surface area (Å²) in [5.74, 6) is 1.38. The molecule has 1 saturated carbocycles. The molecule has 2 aromatic carbocycles. The fraction of sp³-hybridized carbons (Fsp3) is 0.400. The number of benzene rings is 2. The van der Waals surface area contributed by atoms with Gasteiger partial charge in [0.15, 0.2) is 0 Å². The van der Waals surface area contributed by atoms with Crippen molar-refractivity contribution in [3.63, 3.8) is 0 Å². The molecule has 244 valence electrons. The second kappa shape index (κ2) is 13.0. The molecule has 3 amide bonds. The lowest BCUT2D eigenvalue weighted by Crippen LogP contribution is -2.57. The van der Waals surface area contributed by atoms with Crippen LogP contribution >= 0.6 is 0 Å². The first-order valence-corrected chi connectivity index (χ1v) is 16.1. The average molecular weight is 640 g/mol. The maximum absolute atomic E-state index is 13.9. The van der Waals surface area contributed by atoms with Crippen molar-refractivity contribution in [2.24, 2.45) is 5.92 Å². The molecular weight excluding hydrogens is 602 g/mol. The Morgan fingerprint density at radius 2 is 1.94 bits per heavy atom. The highest BCUT2D eigenvalue weighted by molar-refractivity contribution is 6.06. The van der Waals surface area contributed by atoms with E-state index in [1.54, 1.807) is 43.0 Å². The number of carbonyl (C=O) groups excluding carboxylic acids is 3. The van der Waals surface area contributed by atoms with E-state index >= 15 is 0 Å². The first-order chi connectivity index (χ1) is 22.8. The van der Waals surface area contributed by atoms with E-state index in [1.165, 1.54) is 0 Å². The number of nitrogens with zero attached hydrogens (tertiary/aromatic N) is 3. The molecule has 4 heterocycles. The molecule has 2 aliphatic heterocycles. The zero-order chi connectivity index (χ0) is 32.5. The van der Waals surface area contributed by atoms with Crippen LogP contribution in [0.3, 0.4) is 0 Å². The number of likely N-dealkylation sites (tertiary alicyclic amines) is 1. The fourth-order valence-electron chi connectivity index (χ4n) is 6.06. The van der Waals surface area contributed by atoms with Crippen molar-refractivity contribution in [1.29, 1.82) is 0 Å². The van der Waals surface area contributed by atoms with Crippen molar-refractivity contribution in [2.45, 2.75) is 58.3 Å². The predicted octanol–water partition coefficient (Wildman–Crippen LogP) is 4.47. The van der Waals surface area contributed by atoms with Gasteiger partial charge in [-0.3, -0.25) is 14.4 Å². The lowest BCUT2D eigenvalue weighted by atomic mass is 9.99. The summed E-state index contributed by atoms with van der Waals surface area (Å²) in [5, 5.41) is 10.5. The maximum atomic E-state index is 13.9. The van der Waals surface area contributed by atoms with Crippen LogP contribution in [-0.2, 0) is 16.1 Å². The van der Waals surface area contributed by atoms with Gasteiger partial charge in [0.05, 0.1) is 42.0 Å². The van der Waals surface area contributed by atoms with Crippen LogP contribution in [0.1, 0.15) is 63.4 Å². The van der Waals surface area contributed by atoms with E-state index in [2.05, 4.69) is 20.8 Å². The second-order valence-electron chi connectivity index (χ2n) is 12.5. The van der Waals surface area contributed by atoms with Crippen molar-refractivity contribution >= 4 is 28.8 Å². The van der Waals surface area contributed by atoms with Crippen LogP contribution < -0.4 is 20.1 Å². The molecule has 12 heteroatoms. The van der Waals surface area contributed by atoms with E-state index in [1.807, 2.05) is 24.3 Å². The molecule has 0 spiro atoms. The number of rotatable bonds is 4. The highest BCUT2D eigenvalue weighted by Gasteiger charge is 2.35. The number of nitrogens with one attached hydrogen (secondary N) is 2. The zero-order valence-electron chi connectivity index (χ0n) is 26.4. The minimum Gasteiger partial charge on any atom is -0.493 e. The number of aromatic nitrogens is 2. The van der Waals surface area contributed by atoms with Gasteiger partial charge in [0, 0.05) is 43.4 Å². The number of hydrogen-bond donors (Lipinski definition) is 2. The van der Waals surface area contributed by atoms with E-state index in [0.29, 0.717) is 76.4 Å². The van der Waals surface area contributed by atoms with E-state index in [0.717, 1.165) is 18.4 Å². The number of ether oxygens (including phenoxy) is 3. The van der Waals surface area contributed by atoms with Crippen molar-refractivity contribution in [3.05, 3.63) is 76.6 Å². The van der Waals surface area contributed by atoms with Gasteiger partial charge in [-0.15, -0.1) is 0 Å². The van der Waals surface area contributed by atoms with Crippen LogP contribution in [0.25, 0.3) is 11.1 Å². The number of fused-ring (bicyclic) bond motifs is 6. The minimum absolute atomic E-state index is 0.0506. The molecule has 2 fully saturated rings. The Morgan fingerprint density at radius 1 is 1.06 bits per heavy atom. The van der Waals surface area contributed by atoms with Crippen molar-refractivity contribution in [1.82, 2.24) is 25.7 Å². The molecular formula is C35H37N5O7. The number of hydrogen-bond acceptors (Lipinski definition) is 9. The summed E-state index contributed by atoms with van der Waals surface area (Å²) in [6.07, 6.45) is 2.50. The van der Waals surface area contributed by atoms with E-state index in [9.17, 15) is 14.4 Å². The normalized spacial score (nSPS) is 20.4. The minimum atomic E-state index is -0.478. The van der Waals surface area contributed by atoms with Crippen LogP contribution in [0.15, 0.2) is 53.1 Å². The number of carbonyl (C=O) groups is 3. The molecule has 4 aromatic rings. The molecule has 2 N–H and O–H groups in total. The van der Waals surface area contributed by atoms with Gasteiger partial charge in [0.2, 0.25) is 5.91 Å². The van der Waals surface area contributed by atoms with Gasteiger partial charge in [0.25, 0.3) is 17.5 Å². The van der Waals surface area contributed by atoms with Gasteiger partial charge >= 0.3 is 0 Å². The second-order valence-corrected chi connectivity index (χ2v) is 12.5. The van der Waals surface area contributed by atoms with Crippen LogP contribution in [0, 0.1) is 19.8 Å². The largest absolute Gasteiger partial charge is 0.493 e. The summed E-state index contributed by atoms with van der Waals surface area (Å²) >= 11 is 0. The first kappa shape index (κ1) is 30.7. The molecule has 2 aromatic heterocycles. The highest BCUT2D eigenvalue weighted by Crippen LogP contribution is 2.33. The average Bonchev–Trinajstić information content (AvgIpc) is 3.82. The molecule has 1 saturated heterocycles. The summed E-state index contributed by atoms with van der Waals surface area (Å²) in [7, 11) is 0. The summed E-state index contributed by atoms with van der Waals surface area (Å²) < 4.78 is 23.9. The zero-order valence-corrected chi connectivity index (χ0v) is 26.4. The van der Waals surface area contributed by atoms with Gasteiger partial charge < -0.3 is 34.3 Å². The van der Waals surface area contributed by atoms with Gasteiger partial charge in [-0.25, -0.2) is 4.98 Å². The summed E-state index contributed by atoms with van der Waals surface area (Å²) in [4.78, 5) is 46.4. The summed E-state index contributed by atoms with van der Waals surface area (Å²) in [5.41, 5.74) is 3.27. The molecule has 2 atom stereocenters. The van der Waals surface area contributed by atoms with Crippen LogP contribution in [-0.4, -0.2) is 71.1 Å². The van der Waals surface area contributed by atoms with Gasteiger partial charge in [0.1, 0.15) is 17.2 Å². The fourth-order valence-corrected chi connectivity index (χ4v) is 6.06. The Bertz CT molecular complexity index is 1830. The smallest absolute Gasteiger partial charge is 0.258 e. The van der Waals surface area contributed by atoms with Crippen molar-refractivity contribution in [2.75, 3.05) is 26.2 Å². The SMILES string of the molecule is Cc1cc(C(=O)N2CC[C@H]3OCc4cccc(c4)Oc4cc(OCC5CC5)cc(c4)C(=O)NCCC(=O)NC3C2)c2c(C)noc2n1. The Morgan fingerprint density at radius 3 is 2.79 bits per heavy atom. The molecule has 47 heavy (non-hydrogen) atoms. The Hall–Kier alpha value is -4.97. The molecule has 3 aliphatic rings. The van der Waals surface area contributed by atoms with Crippen molar-refractivity contribution < 1.29 is 33.1 Å². The maximum Gasteiger partial charge on any atom is 0.258 e. The standard InChI is InChI=1S/C35H37N5O7/c1-20-12-28(32-21(2)39-47-34(32)37-20)35(43)40-11-9-30-29(17-40)38-31(41)8-10-36-33(42)24-14-26(44-18-22-6-7-22)16-27(15-24)46-25-5-3-4-23(13-25)19-45-30/h3-5,12-16,22,29-30H,6-11,17-19H2,1-2H3,(H,36,42)(H,38,41)/t29?,30-/m1/s1. The molecule has 0 radical (unpaired) electrons. The van der Waals surface area contributed by atoms with Gasteiger partial charge in [-0.1, -0.05) is 17.3 Å². The Balaban J connectivity index is 1.12. The third-order valence-corrected chi connectivity index (χ3v) is 8.72. The van der Waals surface area contributed by atoms with E-state index in [4.69, 9.17) is 18.7 Å². The molecule has 12 nitrogen and oxygen atoms in total. The number of pyridine rings is 1. The number of amides is 3. The lowest BCUT2D eigenvalue weighted by Gasteiger charge is -2.39. The summed E-state index contributed by atoms with van der Waals surface area (Å²) in [6, 6.07) is 14.0. The number of aryl methyl sites for hydroxylation is 2.